The lowest BCUT2D eigenvalue weighted by atomic mass is 9.96. The van der Waals surface area contributed by atoms with Gasteiger partial charge in [0, 0.05) is 42.0 Å². The molecule has 12 heteroatoms. The fraction of sp³-hybridized carbons (Fsp3) is 0.333. The molecule has 2 N–H and O–H groups in total. The highest BCUT2D eigenvalue weighted by molar-refractivity contribution is 5.92. The number of imidazole rings is 1. The van der Waals surface area contributed by atoms with Gasteiger partial charge in [0.1, 0.15) is 5.82 Å². The van der Waals surface area contributed by atoms with E-state index in [-0.39, 0.29) is 23.6 Å². The summed E-state index contributed by atoms with van der Waals surface area (Å²) in [7, 11) is 1.86. The molecule has 0 atom stereocenters. The summed E-state index contributed by atoms with van der Waals surface area (Å²) in [6, 6.07) is 6.48. The molecule has 0 bridgehead atoms. The van der Waals surface area contributed by atoms with Gasteiger partial charge in [-0.2, -0.15) is 10.1 Å². The normalized spacial score (nSPS) is 12.0. The number of benzene rings is 1. The van der Waals surface area contributed by atoms with Crippen molar-refractivity contribution < 1.29 is 18.1 Å². The molecular formula is C27H28F2N8O2. The number of aromatic nitrogens is 7. The first-order valence-corrected chi connectivity index (χ1v) is 12.3. The number of pyridine rings is 1. The summed E-state index contributed by atoms with van der Waals surface area (Å²) in [4.78, 5) is 29.0. The van der Waals surface area contributed by atoms with E-state index in [1.54, 1.807) is 29.1 Å². The fourth-order valence-corrected chi connectivity index (χ4v) is 4.38. The number of amides is 1. The van der Waals surface area contributed by atoms with Crippen LogP contribution in [0, 0.1) is 13.8 Å². The van der Waals surface area contributed by atoms with Crippen molar-refractivity contribution in [2.24, 2.45) is 7.05 Å². The largest absolute Gasteiger partial charge is 0.344 e. The number of aromatic amines is 1. The van der Waals surface area contributed by atoms with Gasteiger partial charge in [0.05, 0.1) is 16.8 Å². The number of carbonyl (C=O) groups excluding carboxylic acids is 1. The van der Waals surface area contributed by atoms with Gasteiger partial charge in [0.15, 0.2) is 11.5 Å². The zero-order valence-electron chi connectivity index (χ0n) is 22.4. The van der Waals surface area contributed by atoms with E-state index in [0.717, 1.165) is 17.0 Å². The summed E-state index contributed by atoms with van der Waals surface area (Å²) < 4.78 is 35.1. The lowest BCUT2D eigenvalue weighted by Gasteiger charge is -2.12. The number of aryl methyl sites for hydroxylation is 2. The Labute approximate surface area is 222 Å². The Morgan fingerprint density at radius 1 is 1.18 bits per heavy atom. The van der Waals surface area contributed by atoms with E-state index in [1.165, 1.54) is 6.07 Å². The van der Waals surface area contributed by atoms with E-state index in [4.69, 9.17) is 4.52 Å². The number of fused-ring (bicyclic) bond motifs is 1. The third-order valence-electron chi connectivity index (χ3n) is 6.56. The zero-order valence-corrected chi connectivity index (χ0v) is 22.4. The van der Waals surface area contributed by atoms with Crippen LogP contribution in [-0.2, 0) is 19.0 Å². The van der Waals surface area contributed by atoms with Gasteiger partial charge in [0.25, 0.3) is 6.43 Å². The van der Waals surface area contributed by atoms with E-state index in [1.807, 2.05) is 41.7 Å². The number of halogens is 2. The maximum Gasteiger partial charge on any atom is 0.315 e. The highest BCUT2D eigenvalue weighted by Gasteiger charge is 2.24. The molecule has 0 saturated carbocycles. The molecule has 5 aromatic rings. The Bertz CT molecular complexity index is 1690. The molecule has 0 radical (unpaired) electrons. The lowest BCUT2D eigenvalue weighted by Crippen LogP contribution is -2.24. The molecule has 0 saturated heterocycles. The summed E-state index contributed by atoms with van der Waals surface area (Å²) >= 11 is 0. The second-order valence-corrected chi connectivity index (χ2v) is 10.4. The van der Waals surface area contributed by atoms with Gasteiger partial charge in [-0.25, -0.2) is 18.7 Å². The van der Waals surface area contributed by atoms with Crippen LogP contribution in [0.1, 0.15) is 66.2 Å². The van der Waals surface area contributed by atoms with Crippen molar-refractivity contribution in [1.82, 2.24) is 40.2 Å². The monoisotopic (exact) mass is 534 g/mol. The Morgan fingerprint density at radius 2 is 1.95 bits per heavy atom. The molecule has 202 valence electrons. The van der Waals surface area contributed by atoms with Crippen LogP contribution in [-0.4, -0.2) is 40.8 Å². The number of hydrogen-bond donors (Lipinski definition) is 2. The van der Waals surface area contributed by atoms with Crippen LogP contribution in [0.3, 0.4) is 0 Å². The van der Waals surface area contributed by atoms with Crippen molar-refractivity contribution >= 4 is 17.1 Å². The SMILES string of the molecule is Cc1nn(C)c(C)c1-c1nc2nccc(-c3ccc(CNC(=O)c4nc(C(C)(C)C)no4)c(C(F)F)c3)c2[nH]1. The first-order chi connectivity index (χ1) is 18.4. The van der Waals surface area contributed by atoms with E-state index < -0.39 is 17.7 Å². The fourth-order valence-electron chi connectivity index (χ4n) is 4.38. The van der Waals surface area contributed by atoms with Crippen molar-refractivity contribution in [3.8, 4) is 22.5 Å². The molecule has 0 aliphatic carbocycles. The number of nitrogens with zero attached hydrogens (tertiary/aromatic N) is 6. The van der Waals surface area contributed by atoms with Crippen LogP contribution in [0.25, 0.3) is 33.7 Å². The number of H-pyrrole nitrogens is 1. The van der Waals surface area contributed by atoms with Gasteiger partial charge >= 0.3 is 11.8 Å². The minimum atomic E-state index is -2.76. The van der Waals surface area contributed by atoms with Crippen LogP contribution in [0.15, 0.2) is 35.0 Å². The first-order valence-electron chi connectivity index (χ1n) is 12.3. The predicted octanol–water partition coefficient (Wildman–Crippen LogP) is 5.19. The molecule has 0 spiro atoms. The van der Waals surface area contributed by atoms with Crippen molar-refractivity contribution in [2.75, 3.05) is 0 Å². The second kappa shape index (κ2) is 9.68. The van der Waals surface area contributed by atoms with Crippen LogP contribution in [0.5, 0.6) is 0 Å². The Morgan fingerprint density at radius 3 is 2.59 bits per heavy atom. The number of hydrogen-bond acceptors (Lipinski definition) is 7. The molecule has 0 unspecified atom stereocenters. The molecule has 10 nitrogen and oxygen atoms in total. The van der Waals surface area contributed by atoms with Gasteiger partial charge in [-0.1, -0.05) is 38.1 Å². The summed E-state index contributed by atoms with van der Waals surface area (Å²) in [5, 5.41) is 10.9. The van der Waals surface area contributed by atoms with E-state index in [0.29, 0.717) is 33.9 Å². The van der Waals surface area contributed by atoms with Crippen LogP contribution in [0.4, 0.5) is 8.78 Å². The quantitative estimate of drug-likeness (QED) is 0.307. The maximum atomic E-state index is 14.1. The van der Waals surface area contributed by atoms with Gasteiger partial charge in [-0.15, -0.1) is 0 Å². The van der Waals surface area contributed by atoms with Gasteiger partial charge in [0.2, 0.25) is 0 Å². The van der Waals surface area contributed by atoms with Gasteiger partial charge < -0.3 is 14.8 Å². The average molecular weight is 535 g/mol. The third-order valence-corrected chi connectivity index (χ3v) is 6.56. The number of rotatable bonds is 6. The third kappa shape index (κ3) is 4.89. The zero-order chi connectivity index (χ0) is 28.1. The summed E-state index contributed by atoms with van der Waals surface area (Å²) in [6.07, 6.45) is -1.17. The van der Waals surface area contributed by atoms with E-state index >= 15 is 0 Å². The molecule has 4 heterocycles. The Balaban J connectivity index is 1.44. The number of carbonyl (C=O) groups is 1. The Kier molecular flexibility index (Phi) is 6.49. The molecule has 4 aromatic heterocycles. The molecule has 5 rings (SSSR count). The van der Waals surface area contributed by atoms with Crippen molar-refractivity contribution in [3.63, 3.8) is 0 Å². The highest BCUT2D eigenvalue weighted by atomic mass is 19.3. The minimum absolute atomic E-state index is 0.133. The van der Waals surface area contributed by atoms with Gasteiger partial charge in [-0.05, 0) is 37.1 Å². The molecule has 0 fully saturated rings. The van der Waals surface area contributed by atoms with E-state index in [2.05, 4.69) is 35.5 Å². The van der Waals surface area contributed by atoms with Crippen molar-refractivity contribution in [1.29, 1.82) is 0 Å². The topological polar surface area (TPSA) is 127 Å². The average Bonchev–Trinajstić information content (AvgIpc) is 3.59. The molecule has 39 heavy (non-hydrogen) atoms. The molecular weight excluding hydrogens is 506 g/mol. The first kappa shape index (κ1) is 26.1. The second-order valence-electron chi connectivity index (χ2n) is 10.4. The molecule has 1 amide bonds. The number of nitrogens with one attached hydrogen (secondary N) is 2. The van der Waals surface area contributed by atoms with E-state index in [9.17, 15) is 13.6 Å². The highest BCUT2D eigenvalue weighted by Crippen LogP contribution is 2.34. The molecule has 0 aliphatic rings. The predicted molar refractivity (Wildman–Crippen MR) is 140 cm³/mol. The van der Waals surface area contributed by atoms with Crippen LogP contribution in [0.2, 0.25) is 0 Å². The summed E-state index contributed by atoms with van der Waals surface area (Å²) in [5.74, 6) is 0.134. The van der Waals surface area contributed by atoms with Crippen LogP contribution >= 0.6 is 0 Å². The number of alkyl halides is 2. The summed E-state index contributed by atoms with van der Waals surface area (Å²) in [6.45, 7) is 9.38. The minimum Gasteiger partial charge on any atom is -0.344 e. The standard InChI is InChI=1S/C27H28F2N8O2/c1-13-19(14(2)37(6)35-13)22-32-20-17(9-10-30-23(20)33-22)15-7-8-16(18(11-15)21(28)29)12-31-24(38)25-34-26(36-39-25)27(3,4)5/h7-11,21H,12H2,1-6H3,(H,31,38)(H,30,32,33). The smallest absolute Gasteiger partial charge is 0.315 e. The van der Waals surface area contributed by atoms with Gasteiger partial charge in [-0.3, -0.25) is 9.48 Å². The van der Waals surface area contributed by atoms with Crippen LogP contribution < -0.4 is 5.32 Å². The Hall–Kier alpha value is -4.48. The molecule has 1 aromatic carbocycles. The maximum absolute atomic E-state index is 14.1. The van der Waals surface area contributed by atoms with Crippen molar-refractivity contribution in [3.05, 3.63) is 64.7 Å². The summed E-state index contributed by atoms with van der Waals surface area (Å²) in [5.41, 5.74) is 4.64. The lowest BCUT2D eigenvalue weighted by molar-refractivity contribution is 0.0905. The molecule has 0 aliphatic heterocycles. The van der Waals surface area contributed by atoms with Crippen molar-refractivity contribution in [2.45, 2.75) is 53.0 Å².